The molecule has 0 amide bonds. The number of hydrogen-bond donors (Lipinski definition) is 0. The molecular formula is C32H30N2O3. The van der Waals surface area contributed by atoms with Crippen molar-refractivity contribution >= 4 is 43.6 Å². The minimum Gasteiger partial charge on any atom is -0.377 e. The number of benzene rings is 4. The molecule has 0 spiro atoms. The summed E-state index contributed by atoms with van der Waals surface area (Å²) in [5.74, 6) is 0. The quantitative estimate of drug-likeness (QED) is 0.165. The number of ether oxygens (including phenoxy) is 3. The van der Waals surface area contributed by atoms with Gasteiger partial charge in [-0.1, -0.05) is 72.8 Å². The first-order chi connectivity index (χ1) is 18.4. The summed E-state index contributed by atoms with van der Waals surface area (Å²) in [7, 11) is 0. The second-order valence-corrected chi connectivity index (χ2v) is 9.82. The molecule has 5 nitrogen and oxygen atoms in total. The van der Waals surface area contributed by atoms with E-state index in [1.54, 1.807) is 0 Å². The lowest BCUT2D eigenvalue weighted by molar-refractivity contribution is -0.0293. The van der Waals surface area contributed by atoms with Gasteiger partial charge in [0.2, 0.25) is 0 Å². The van der Waals surface area contributed by atoms with Crippen LogP contribution in [0.1, 0.15) is 0 Å². The van der Waals surface area contributed by atoms with Crippen molar-refractivity contribution in [2.75, 3.05) is 26.4 Å². The number of fused-ring (bicyclic) bond motifs is 6. The largest absolute Gasteiger partial charge is 0.377 e. The third-order valence-corrected chi connectivity index (χ3v) is 7.43. The Bertz CT molecular complexity index is 1590. The lowest BCUT2D eigenvalue weighted by Crippen LogP contribution is -2.28. The molecule has 37 heavy (non-hydrogen) atoms. The molecule has 0 aliphatic carbocycles. The van der Waals surface area contributed by atoms with E-state index in [1.807, 2.05) is 0 Å². The lowest BCUT2D eigenvalue weighted by Gasteiger charge is -2.20. The molecule has 2 unspecified atom stereocenters. The lowest BCUT2D eigenvalue weighted by atomic mass is 10.2. The van der Waals surface area contributed by atoms with Gasteiger partial charge >= 0.3 is 0 Å². The molecule has 4 aromatic carbocycles. The SMILES string of the molecule is c1ccc2c(c1)c1ccccc1n2CCOCC(Cn1c2ccccc2c2ccccc21)OCC1CO1. The molecule has 0 radical (unpaired) electrons. The van der Waals surface area contributed by atoms with E-state index in [0.29, 0.717) is 19.8 Å². The summed E-state index contributed by atoms with van der Waals surface area (Å²) >= 11 is 0. The van der Waals surface area contributed by atoms with E-state index in [4.69, 9.17) is 14.2 Å². The molecule has 1 saturated heterocycles. The summed E-state index contributed by atoms with van der Waals surface area (Å²) in [5, 5.41) is 5.12. The van der Waals surface area contributed by atoms with E-state index >= 15 is 0 Å². The molecule has 2 atom stereocenters. The van der Waals surface area contributed by atoms with Gasteiger partial charge in [-0.15, -0.1) is 0 Å². The molecule has 1 aliphatic rings. The fourth-order valence-electron chi connectivity index (χ4n) is 5.58. The van der Waals surface area contributed by atoms with Crippen molar-refractivity contribution in [2.45, 2.75) is 25.3 Å². The third kappa shape index (κ3) is 4.29. The zero-order valence-electron chi connectivity index (χ0n) is 20.8. The average Bonchev–Trinajstić information content (AvgIpc) is 3.67. The molecule has 0 bridgehead atoms. The van der Waals surface area contributed by atoms with E-state index in [0.717, 1.165) is 19.7 Å². The molecule has 5 heteroatoms. The van der Waals surface area contributed by atoms with Gasteiger partial charge in [0.05, 0.1) is 39.1 Å². The summed E-state index contributed by atoms with van der Waals surface area (Å²) in [4.78, 5) is 0. The minimum atomic E-state index is -0.0680. The predicted octanol–water partition coefficient (Wildman–Crippen LogP) is 6.40. The molecule has 1 aliphatic heterocycles. The van der Waals surface area contributed by atoms with E-state index in [2.05, 4.69) is 106 Å². The van der Waals surface area contributed by atoms with Crippen molar-refractivity contribution in [1.82, 2.24) is 9.13 Å². The van der Waals surface area contributed by atoms with Crippen LogP contribution in [0.15, 0.2) is 97.1 Å². The Balaban J connectivity index is 1.11. The van der Waals surface area contributed by atoms with Crippen molar-refractivity contribution in [3.05, 3.63) is 97.1 Å². The van der Waals surface area contributed by atoms with Crippen molar-refractivity contribution in [2.24, 2.45) is 0 Å². The fourth-order valence-corrected chi connectivity index (χ4v) is 5.58. The molecule has 1 fully saturated rings. The Morgan fingerprint density at radius 3 is 1.62 bits per heavy atom. The van der Waals surface area contributed by atoms with Crippen LogP contribution < -0.4 is 0 Å². The Labute approximate surface area is 215 Å². The zero-order valence-corrected chi connectivity index (χ0v) is 20.8. The number of nitrogens with zero attached hydrogens (tertiary/aromatic N) is 2. The molecular weight excluding hydrogens is 460 g/mol. The van der Waals surface area contributed by atoms with Gasteiger partial charge in [-0.2, -0.15) is 0 Å². The van der Waals surface area contributed by atoms with Crippen LogP contribution in [0.3, 0.4) is 0 Å². The monoisotopic (exact) mass is 490 g/mol. The van der Waals surface area contributed by atoms with Crippen LogP contribution in [0.2, 0.25) is 0 Å². The first kappa shape index (κ1) is 22.5. The molecule has 7 rings (SSSR count). The molecule has 2 aromatic heterocycles. The van der Waals surface area contributed by atoms with Gasteiger partial charge in [-0.3, -0.25) is 0 Å². The van der Waals surface area contributed by atoms with E-state index in [-0.39, 0.29) is 12.2 Å². The summed E-state index contributed by atoms with van der Waals surface area (Å²) in [6.07, 6.45) is 0.153. The van der Waals surface area contributed by atoms with Crippen molar-refractivity contribution in [1.29, 1.82) is 0 Å². The molecule has 3 heterocycles. The summed E-state index contributed by atoms with van der Waals surface area (Å²) in [6.45, 7) is 4.08. The van der Waals surface area contributed by atoms with Crippen LogP contribution >= 0.6 is 0 Å². The van der Waals surface area contributed by atoms with E-state index in [9.17, 15) is 0 Å². The highest BCUT2D eigenvalue weighted by molar-refractivity contribution is 6.08. The van der Waals surface area contributed by atoms with Crippen LogP contribution in [-0.2, 0) is 27.3 Å². The topological polar surface area (TPSA) is 40.9 Å². The molecule has 0 saturated carbocycles. The van der Waals surface area contributed by atoms with Gasteiger partial charge in [0.15, 0.2) is 0 Å². The first-order valence-electron chi connectivity index (χ1n) is 13.1. The van der Waals surface area contributed by atoms with Crippen LogP contribution in [0.25, 0.3) is 43.6 Å². The van der Waals surface area contributed by atoms with Gasteiger partial charge in [-0.05, 0) is 24.3 Å². The Morgan fingerprint density at radius 2 is 1.14 bits per heavy atom. The third-order valence-electron chi connectivity index (χ3n) is 7.43. The highest BCUT2D eigenvalue weighted by atomic mass is 16.6. The number of rotatable bonds is 10. The van der Waals surface area contributed by atoms with E-state index < -0.39 is 0 Å². The molecule has 186 valence electrons. The Kier molecular flexibility index (Phi) is 5.89. The zero-order chi connectivity index (χ0) is 24.6. The standard InChI is InChI=1S/C32H30N2O3/c1-5-13-29-25(9-1)26-10-2-6-14-30(26)33(29)17-18-35-20-23(36-21-24-22-37-24)19-34-31-15-7-3-11-27(31)28-12-4-8-16-32(28)34/h1-16,23-24H,17-22H2. The van der Waals surface area contributed by atoms with E-state index in [1.165, 1.54) is 43.6 Å². The second-order valence-electron chi connectivity index (χ2n) is 9.82. The van der Waals surface area contributed by atoms with Gasteiger partial charge in [0.25, 0.3) is 0 Å². The van der Waals surface area contributed by atoms with Crippen LogP contribution in [0.5, 0.6) is 0 Å². The van der Waals surface area contributed by atoms with Crippen molar-refractivity contribution in [3.63, 3.8) is 0 Å². The predicted molar refractivity (Wildman–Crippen MR) is 149 cm³/mol. The summed E-state index contributed by atoms with van der Waals surface area (Å²) in [5.41, 5.74) is 4.95. The number of hydrogen-bond acceptors (Lipinski definition) is 3. The minimum absolute atomic E-state index is 0.0680. The normalized spacial score (nSPS) is 16.3. The van der Waals surface area contributed by atoms with Crippen LogP contribution in [0.4, 0.5) is 0 Å². The van der Waals surface area contributed by atoms with Gasteiger partial charge in [0.1, 0.15) is 6.10 Å². The molecule has 6 aromatic rings. The van der Waals surface area contributed by atoms with Crippen LogP contribution in [-0.4, -0.2) is 47.8 Å². The summed E-state index contributed by atoms with van der Waals surface area (Å²) in [6, 6.07) is 34.4. The van der Waals surface area contributed by atoms with Gasteiger partial charge in [0, 0.05) is 50.2 Å². The van der Waals surface area contributed by atoms with Gasteiger partial charge < -0.3 is 23.3 Å². The highest BCUT2D eigenvalue weighted by Crippen LogP contribution is 2.30. The Morgan fingerprint density at radius 1 is 0.676 bits per heavy atom. The Hall–Kier alpha value is -3.64. The number of epoxide rings is 1. The first-order valence-corrected chi connectivity index (χ1v) is 13.1. The van der Waals surface area contributed by atoms with Crippen molar-refractivity contribution < 1.29 is 14.2 Å². The average molecular weight is 491 g/mol. The fraction of sp³-hybridized carbons (Fsp3) is 0.250. The maximum absolute atomic E-state index is 6.34. The summed E-state index contributed by atoms with van der Waals surface area (Å²) < 4.78 is 22.8. The number of para-hydroxylation sites is 4. The maximum atomic E-state index is 6.34. The van der Waals surface area contributed by atoms with Gasteiger partial charge in [-0.25, -0.2) is 0 Å². The smallest absolute Gasteiger partial charge is 0.104 e. The highest BCUT2D eigenvalue weighted by Gasteiger charge is 2.25. The second kappa shape index (κ2) is 9.67. The number of aromatic nitrogens is 2. The molecule has 0 N–H and O–H groups in total. The maximum Gasteiger partial charge on any atom is 0.104 e. The van der Waals surface area contributed by atoms with Crippen molar-refractivity contribution in [3.8, 4) is 0 Å². The van der Waals surface area contributed by atoms with Crippen LogP contribution in [0, 0.1) is 0 Å².